The van der Waals surface area contributed by atoms with Gasteiger partial charge in [0.15, 0.2) is 11.1 Å². The van der Waals surface area contributed by atoms with Crippen LogP contribution in [0.5, 0.6) is 0 Å². The van der Waals surface area contributed by atoms with Gasteiger partial charge in [0, 0.05) is 17.1 Å². The molecule has 1 fully saturated rings. The molecule has 1 aliphatic carbocycles. The second kappa shape index (κ2) is 3.18. The monoisotopic (exact) mass is 221 g/mol. The maximum absolute atomic E-state index is 11.0. The summed E-state index contributed by atoms with van der Waals surface area (Å²) in [5.41, 5.74) is 2.29. The lowest BCUT2D eigenvalue weighted by Crippen LogP contribution is -1.85. The minimum atomic E-state index is -1.91. The van der Waals surface area contributed by atoms with Crippen LogP contribution in [0.25, 0.3) is 10.9 Å². The molecule has 1 saturated carbocycles. The lowest BCUT2D eigenvalue weighted by molar-refractivity contribution is 0.565. The predicted octanol–water partition coefficient (Wildman–Crippen LogP) is 2.63. The number of aromatic amines is 1. The molecule has 0 bridgehead atoms. The van der Waals surface area contributed by atoms with Crippen LogP contribution >= 0.6 is 0 Å². The van der Waals surface area contributed by atoms with E-state index in [1.807, 2.05) is 6.07 Å². The molecule has 1 aromatic carbocycles. The number of hydrogen-bond donors (Lipinski definition) is 2. The van der Waals surface area contributed by atoms with E-state index in [9.17, 15) is 4.21 Å². The smallest absolute Gasteiger partial charge is 0.188 e. The standard InChI is InChI=1S/C11H11NO2S/c13-15(14)11-6-12-10-5-8(7-1-2-7)3-4-9(10)11/h3-7,12H,1-2H2,(H,13,14). The fourth-order valence-corrected chi connectivity index (χ4v) is 2.46. The van der Waals surface area contributed by atoms with E-state index in [0.717, 1.165) is 10.9 Å². The van der Waals surface area contributed by atoms with Crippen molar-refractivity contribution < 1.29 is 8.76 Å². The first kappa shape index (κ1) is 9.12. The molecule has 0 amide bonds. The first-order valence-electron chi connectivity index (χ1n) is 4.97. The second-order valence-electron chi connectivity index (χ2n) is 3.98. The summed E-state index contributed by atoms with van der Waals surface area (Å²) in [6.45, 7) is 0. The third kappa shape index (κ3) is 1.50. The van der Waals surface area contributed by atoms with Crippen molar-refractivity contribution in [2.75, 3.05) is 0 Å². The lowest BCUT2D eigenvalue weighted by Gasteiger charge is -1.98. The third-order valence-corrected chi connectivity index (χ3v) is 3.62. The van der Waals surface area contributed by atoms with E-state index in [-0.39, 0.29) is 0 Å². The normalized spacial score (nSPS) is 18.2. The number of benzene rings is 1. The maximum Gasteiger partial charge on any atom is 0.188 e. The molecule has 1 aliphatic rings. The van der Waals surface area contributed by atoms with Crippen molar-refractivity contribution in [3.63, 3.8) is 0 Å². The van der Waals surface area contributed by atoms with Gasteiger partial charge in [-0.25, -0.2) is 4.21 Å². The molecule has 1 atom stereocenters. The highest BCUT2D eigenvalue weighted by Crippen LogP contribution is 2.41. The highest BCUT2D eigenvalue weighted by Gasteiger charge is 2.23. The molecule has 3 nitrogen and oxygen atoms in total. The van der Waals surface area contributed by atoms with Crippen molar-refractivity contribution in [3.8, 4) is 0 Å². The van der Waals surface area contributed by atoms with Gasteiger partial charge in [0.1, 0.15) is 0 Å². The molecule has 1 unspecified atom stereocenters. The topological polar surface area (TPSA) is 53.1 Å². The average molecular weight is 221 g/mol. The van der Waals surface area contributed by atoms with Gasteiger partial charge >= 0.3 is 0 Å². The van der Waals surface area contributed by atoms with Gasteiger partial charge in [-0.1, -0.05) is 12.1 Å². The van der Waals surface area contributed by atoms with Gasteiger partial charge in [-0.05, 0) is 30.4 Å². The summed E-state index contributed by atoms with van der Waals surface area (Å²) in [5, 5.41) is 0.847. The van der Waals surface area contributed by atoms with Crippen LogP contribution in [0.15, 0.2) is 29.3 Å². The Labute approximate surface area is 89.8 Å². The molecule has 1 aromatic heterocycles. The molecular formula is C11H11NO2S. The van der Waals surface area contributed by atoms with Crippen LogP contribution in [-0.4, -0.2) is 13.7 Å². The van der Waals surface area contributed by atoms with Gasteiger partial charge in [0.05, 0.1) is 4.90 Å². The van der Waals surface area contributed by atoms with Crippen molar-refractivity contribution in [3.05, 3.63) is 30.0 Å². The molecule has 15 heavy (non-hydrogen) atoms. The zero-order valence-electron chi connectivity index (χ0n) is 8.06. The molecule has 0 radical (unpaired) electrons. The quantitative estimate of drug-likeness (QED) is 0.766. The Morgan fingerprint density at radius 2 is 2.20 bits per heavy atom. The molecule has 3 rings (SSSR count). The average Bonchev–Trinajstić information content (AvgIpc) is 2.97. The predicted molar refractivity (Wildman–Crippen MR) is 59.3 cm³/mol. The Morgan fingerprint density at radius 1 is 1.40 bits per heavy atom. The van der Waals surface area contributed by atoms with E-state index in [4.69, 9.17) is 4.55 Å². The molecule has 0 saturated heterocycles. The first-order chi connectivity index (χ1) is 7.25. The number of H-pyrrole nitrogens is 1. The Balaban J connectivity index is 2.17. The molecule has 1 heterocycles. The molecule has 0 spiro atoms. The largest absolute Gasteiger partial charge is 0.360 e. The number of hydrogen-bond acceptors (Lipinski definition) is 1. The van der Waals surface area contributed by atoms with Crippen molar-refractivity contribution in [1.82, 2.24) is 4.98 Å². The Bertz CT molecular complexity index is 543. The van der Waals surface area contributed by atoms with Gasteiger partial charge in [-0.15, -0.1) is 0 Å². The fraction of sp³-hybridized carbons (Fsp3) is 0.273. The highest BCUT2D eigenvalue weighted by molar-refractivity contribution is 7.79. The maximum atomic E-state index is 11.0. The van der Waals surface area contributed by atoms with Gasteiger partial charge < -0.3 is 9.54 Å². The highest BCUT2D eigenvalue weighted by atomic mass is 32.2. The van der Waals surface area contributed by atoms with E-state index in [2.05, 4.69) is 17.1 Å². The number of aromatic nitrogens is 1. The minimum Gasteiger partial charge on any atom is -0.360 e. The van der Waals surface area contributed by atoms with Crippen LogP contribution in [0.2, 0.25) is 0 Å². The zero-order valence-corrected chi connectivity index (χ0v) is 8.88. The molecule has 0 aliphatic heterocycles. The van der Waals surface area contributed by atoms with Crippen molar-refractivity contribution in [1.29, 1.82) is 0 Å². The second-order valence-corrected chi connectivity index (χ2v) is 4.92. The van der Waals surface area contributed by atoms with E-state index < -0.39 is 11.1 Å². The summed E-state index contributed by atoms with van der Waals surface area (Å²) in [6.07, 6.45) is 4.15. The summed E-state index contributed by atoms with van der Waals surface area (Å²) >= 11 is -1.91. The Kier molecular flexibility index (Phi) is 1.94. The molecule has 4 heteroatoms. The summed E-state index contributed by atoms with van der Waals surface area (Å²) in [6, 6.07) is 6.08. The van der Waals surface area contributed by atoms with E-state index in [0.29, 0.717) is 10.8 Å². The summed E-state index contributed by atoms with van der Waals surface area (Å²) in [5.74, 6) is 0.709. The Hall–Kier alpha value is -1.13. The number of rotatable bonds is 2. The Morgan fingerprint density at radius 3 is 2.87 bits per heavy atom. The van der Waals surface area contributed by atoms with Gasteiger partial charge in [0.2, 0.25) is 0 Å². The van der Waals surface area contributed by atoms with Crippen LogP contribution in [0, 0.1) is 0 Å². The SMILES string of the molecule is O=S(O)c1c[nH]c2cc(C3CC3)ccc12. The third-order valence-electron chi connectivity index (χ3n) is 2.90. The molecule has 78 valence electrons. The van der Waals surface area contributed by atoms with Crippen LogP contribution < -0.4 is 0 Å². The minimum absolute atomic E-state index is 0.465. The first-order valence-corrected chi connectivity index (χ1v) is 6.08. The van der Waals surface area contributed by atoms with E-state index in [1.54, 1.807) is 6.20 Å². The van der Waals surface area contributed by atoms with Crippen LogP contribution in [-0.2, 0) is 11.1 Å². The van der Waals surface area contributed by atoms with Gasteiger partial charge in [-0.2, -0.15) is 0 Å². The van der Waals surface area contributed by atoms with Crippen molar-refractivity contribution >= 4 is 22.0 Å². The van der Waals surface area contributed by atoms with Crippen LogP contribution in [0.1, 0.15) is 24.3 Å². The van der Waals surface area contributed by atoms with E-state index >= 15 is 0 Å². The van der Waals surface area contributed by atoms with Crippen molar-refractivity contribution in [2.45, 2.75) is 23.7 Å². The van der Waals surface area contributed by atoms with Gasteiger partial charge in [0.25, 0.3) is 0 Å². The number of fused-ring (bicyclic) bond motifs is 1. The van der Waals surface area contributed by atoms with Gasteiger partial charge in [-0.3, -0.25) is 0 Å². The fourth-order valence-electron chi connectivity index (χ4n) is 1.93. The van der Waals surface area contributed by atoms with Crippen LogP contribution in [0.4, 0.5) is 0 Å². The summed E-state index contributed by atoms with van der Waals surface area (Å²) < 4.78 is 20.1. The molecular weight excluding hydrogens is 210 g/mol. The van der Waals surface area contributed by atoms with Crippen molar-refractivity contribution in [2.24, 2.45) is 0 Å². The lowest BCUT2D eigenvalue weighted by atomic mass is 10.1. The molecule has 2 N–H and O–H groups in total. The summed E-state index contributed by atoms with van der Waals surface area (Å²) in [4.78, 5) is 3.50. The van der Waals surface area contributed by atoms with Crippen LogP contribution in [0.3, 0.4) is 0 Å². The van der Waals surface area contributed by atoms with E-state index in [1.165, 1.54) is 18.4 Å². The zero-order chi connectivity index (χ0) is 10.4. The number of nitrogens with one attached hydrogen (secondary N) is 1. The summed E-state index contributed by atoms with van der Waals surface area (Å²) in [7, 11) is 0. The molecule has 2 aromatic rings.